The predicted octanol–water partition coefficient (Wildman–Crippen LogP) is 1.38. The molecule has 1 heterocycles. The molecule has 1 saturated heterocycles. The molecule has 15 heavy (non-hydrogen) atoms. The Bertz CT molecular complexity index is 198. The second-order valence-electron chi connectivity index (χ2n) is 4.46. The molecule has 0 amide bonds. The topological polar surface area (TPSA) is 23.6 Å². The van der Waals surface area contributed by atoms with Gasteiger partial charge in [0.1, 0.15) is 5.78 Å². The van der Waals surface area contributed by atoms with Crippen molar-refractivity contribution in [3.8, 4) is 0 Å². The number of piperazine rings is 1. The molecule has 0 aromatic heterocycles. The summed E-state index contributed by atoms with van der Waals surface area (Å²) in [6.45, 7) is 11.5. The van der Waals surface area contributed by atoms with Gasteiger partial charge in [-0.3, -0.25) is 14.6 Å². The normalized spacial score (nSPS) is 21.5. The molecule has 3 heteroatoms. The van der Waals surface area contributed by atoms with Crippen LogP contribution in [-0.4, -0.2) is 54.3 Å². The Labute approximate surface area is 93.4 Å². The van der Waals surface area contributed by atoms with Gasteiger partial charge >= 0.3 is 0 Å². The van der Waals surface area contributed by atoms with Gasteiger partial charge < -0.3 is 0 Å². The molecule has 0 N–H and O–H groups in total. The summed E-state index contributed by atoms with van der Waals surface area (Å²) in [5, 5.41) is 0. The lowest BCUT2D eigenvalue weighted by Gasteiger charge is -2.37. The smallest absolute Gasteiger partial charge is 0.146 e. The average molecular weight is 212 g/mol. The van der Waals surface area contributed by atoms with Crippen LogP contribution in [0.4, 0.5) is 0 Å². The molecule has 1 fully saturated rings. The van der Waals surface area contributed by atoms with Crippen LogP contribution in [0.2, 0.25) is 0 Å². The maximum Gasteiger partial charge on any atom is 0.146 e. The number of ketones is 1. The summed E-state index contributed by atoms with van der Waals surface area (Å²) in [7, 11) is 0. The van der Waals surface area contributed by atoms with Crippen molar-refractivity contribution in [3.05, 3.63) is 0 Å². The van der Waals surface area contributed by atoms with Crippen molar-refractivity contribution < 1.29 is 4.79 Å². The van der Waals surface area contributed by atoms with Gasteiger partial charge in [-0.25, -0.2) is 0 Å². The van der Waals surface area contributed by atoms with E-state index in [2.05, 4.69) is 23.6 Å². The molecular formula is C12H24N2O. The maximum absolute atomic E-state index is 11.3. The third kappa shape index (κ3) is 3.92. The molecule has 3 nitrogen and oxygen atoms in total. The molecule has 1 atom stereocenters. The lowest BCUT2D eigenvalue weighted by Crippen LogP contribution is -2.50. The van der Waals surface area contributed by atoms with Crippen LogP contribution in [-0.2, 0) is 4.79 Å². The number of rotatable bonds is 5. The largest absolute Gasteiger partial charge is 0.298 e. The minimum atomic E-state index is 0.368. The predicted molar refractivity (Wildman–Crippen MR) is 63.1 cm³/mol. The summed E-state index contributed by atoms with van der Waals surface area (Å²) < 4.78 is 0. The quantitative estimate of drug-likeness (QED) is 0.688. The van der Waals surface area contributed by atoms with Crippen LogP contribution in [0.15, 0.2) is 0 Å². The molecule has 0 aliphatic carbocycles. The first kappa shape index (κ1) is 12.7. The lowest BCUT2D eigenvalue weighted by atomic mass is 10.2. The van der Waals surface area contributed by atoms with E-state index in [0.29, 0.717) is 24.8 Å². The van der Waals surface area contributed by atoms with Gasteiger partial charge in [0.15, 0.2) is 0 Å². The van der Waals surface area contributed by atoms with Crippen molar-refractivity contribution in [2.45, 2.75) is 39.7 Å². The zero-order chi connectivity index (χ0) is 11.3. The fraction of sp³-hybridized carbons (Fsp3) is 0.917. The van der Waals surface area contributed by atoms with Crippen LogP contribution in [0.25, 0.3) is 0 Å². The van der Waals surface area contributed by atoms with E-state index in [1.165, 1.54) is 6.42 Å². The van der Waals surface area contributed by atoms with Crippen LogP contribution in [0, 0.1) is 0 Å². The van der Waals surface area contributed by atoms with Gasteiger partial charge in [0, 0.05) is 38.6 Å². The molecule has 88 valence electrons. The number of carbonyl (C=O) groups excluding carboxylic acids is 1. The van der Waals surface area contributed by atoms with Crippen LogP contribution in [0.3, 0.4) is 0 Å². The van der Waals surface area contributed by atoms with Crippen LogP contribution in [0.1, 0.15) is 33.6 Å². The van der Waals surface area contributed by atoms with Gasteiger partial charge in [0.05, 0.1) is 6.54 Å². The van der Waals surface area contributed by atoms with Crippen molar-refractivity contribution in [3.63, 3.8) is 0 Å². The minimum Gasteiger partial charge on any atom is -0.298 e. The highest BCUT2D eigenvalue weighted by Gasteiger charge is 2.20. The van der Waals surface area contributed by atoms with E-state index >= 15 is 0 Å². The Morgan fingerprint density at radius 3 is 2.27 bits per heavy atom. The molecule has 1 aliphatic rings. The number of hydrogen-bond acceptors (Lipinski definition) is 3. The summed E-state index contributed by atoms with van der Waals surface area (Å²) in [6.07, 6.45) is 1.89. The summed E-state index contributed by atoms with van der Waals surface area (Å²) in [4.78, 5) is 16.1. The third-order valence-corrected chi connectivity index (χ3v) is 3.42. The highest BCUT2D eigenvalue weighted by molar-refractivity contribution is 5.80. The first-order valence-corrected chi connectivity index (χ1v) is 6.15. The molecule has 1 aliphatic heterocycles. The van der Waals surface area contributed by atoms with Crippen LogP contribution < -0.4 is 0 Å². The van der Waals surface area contributed by atoms with Gasteiger partial charge in [-0.2, -0.15) is 0 Å². The number of hydrogen-bond donors (Lipinski definition) is 0. The lowest BCUT2D eigenvalue weighted by molar-refractivity contribution is -0.120. The van der Waals surface area contributed by atoms with Gasteiger partial charge in [0.2, 0.25) is 0 Å². The number of carbonyl (C=O) groups is 1. The maximum atomic E-state index is 11.3. The van der Waals surface area contributed by atoms with Crippen molar-refractivity contribution >= 4 is 5.78 Å². The number of Topliss-reactive ketones (excluding diaryl/α,β-unsaturated/α-hetero) is 1. The van der Waals surface area contributed by atoms with Crippen molar-refractivity contribution in [1.82, 2.24) is 9.80 Å². The van der Waals surface area contributed by atoms with E-state index in [1.807, 2.05) is 6.92 Å². The molecule has 0 aromatic rings. The minimum absolute atomic E-state index is 0.368. The SMILES string of the molecule is CCC(=O)CN1CCN(C(C)CC)CC1. The highest BCUT2D eigenvalue weighted by Crippen LogP contribution is 2.08. The molecule has 0 bridgehead atoms. The molecule has 1 rings (SSSR count). The Morgan fingerprint density at radius 2 is 1.80 bits per heavy atom. The Balaban J connectivity index is 2.26. The second kappa shape index (κ2) is 6.23. The Morgan fingerprint density at radius 1 is 1.20 bits per heavy atom. The van der Waals surface area contributed by atoms with Crippen molar-refractivity contribution in [1.29, 1.82) is 0 Å². The molecule has 0 saturated carbocycles. The van der Waals surface area contributed by atoms with E-state index in [-0.39, 0.29) is 0 Å². The van der Waals surface area contributed by atoms with Crippen LogP contribution >= 0.6 is 0 Å². The van der Waals surface area contributed by atoms with E-state index in [1.54, 1.807) is 0 Å². The zero-order valence-corrected chi connectivity index (χ0v) is 10.3. The van der Waals surface area contributed by atoms with Gasteiger partial charge in [-0.15, -0.1) is 0 Å². The fourth-order valence-electron chi connectivity index (χ4n) is 1.98. The number of nitrogens with zero attached hydrogens (tertiary/aromatic N) is 2. The Kier molecular flexibility index (Phi) is 5.26. The summed E-state index contributed by atoms with van der Waals surface area (Å²) in [5.41, 5.74) is 0. The highest BCUT2D eigenvalue weighted by atomic mass is 16.1. The summed E-state index contributed by atoms with van der Waals surface area (Å²) in [5.74, 6) is 0.368. The third-order valence-electron chi connectivity index (χ3n) is 3.42. The van der Waals surface area contributed by atoms with Gasteiger partial charge in [0.25, 0.3) is 0 Å². The van der Waals surface area contributed by atoms with E-state index < -0.39 is 0 Å². The van der Waals surface area contributed by atoms with Crippen molar-refractivity contribution in [2.75, 3.05) is 32.7 Å². The molecule has 1 unspecified atom stereocenters. The standard InChI is InChI=1S/C12H24N2O/c1-4-11(3)14-8-6-13(7-9-14)10-12(15)5-2/h11H,4-10H2,1-3H3. The van der Waals surface area contributed by atoms with E-state index in [0.717, 1.165) is 26.2 Å². The first-order chi connectivity index (χ1) is 7.17. The molecule has 0 radical (unpaired) electrons. The second-order valence-corrected chi connectivity index (χ2v) is 4.46. The van der Waals surface area contributed by atoms with E-state index in [9.17, 15) is 4.79 Å². The van der Waals surface area contributed by atoms with Gasteiger partial charge in [-0.1, -0.05) is 13.8 Å². The summed E-state index contributed by atoms with van der Waals surface area (Å²) in [6, 6.07) is 0.689. The monoisotopic (exact) mass is 212 g/mol. The average Bonchev–Trinajstić information content (AvgIpc) is 2.29. The fourth-order valence-corrected chi connectivity index (χ4v) is 1.98. The zero-order valence-electron chi connectivity index (χ0n) is 10.3. The summed E-state index contributed by atoms with van der Waals surface area (Å²) >= 11 is 0. The van der Waals surface area contributed by atoms with Gasteiger partial charge in [-0.05, 0) is 13.3 Å². The molecule has 0 aromatic carbocycles. The molecular weight excluding hydrogens is 188 g/mol. The van der Waals surface area contributed by atoms with E-state index in [4.69, 9.17) is 0 Å². The first-order valence-electron chi connectivity index (χ1n) is 6.15. The Hall–Kier alpha value is -0.410. The van der Waals surface area contributed by atoms with Crippen LogP contribution in [0.5, 0.6) is 0 Å². The molecule has 0 spiro atoms. The van der Waals surface area contributed by atoms with Crippen molar-refractivity contribution in [2.24, 2.45) is 0 Å².